The van der Waals surface area contributed by atoms with Crippen molar-refractivity contribution < 1.29 is 9.18 Å². The average Bonchev–Trinajstić information content (AvgIpc) is 2.45. The van der Waals surface area contributed by atoms with E-state index in [0.717, 1.165) is 5.56 Å². The lowest BCUT2D eigenvalue weighted by Gasteiger charge is -2.32. The maximum Gasteiger partial charge on any atom is 0.247 e. The standard InChI is InChI=1S/C16H17FN2O/c1-2-16(15(18)20,12-7-4-3-5-8-12)19-14-10-6-9-13(17)11-14/h3-11,19H,2H2,1H3,(H2,18,20). The van der Waals surface area contributed by atoms with Crippen molar-refractivity contribution in [1.29, 1.82) is 0 Å². The highest BCUT2D eigenvalue weighted by Gasteiger charge is 2.36. The lowest BCUT2D eigenvalue weighted by Crippen LogP contribution is -2.47. The number of carbonyl (C=O) groups excluding carboxylic acids is 1. The number of nitrogens with two attached hydrogens (primary N) is 1. The molecule has 104 valence electrons. The van der Waals surface area contributed by atoms with Gasteiger partial charge in [0.05, 0.1) is 0 Å². The first-order valence-corrected chi connectivity index (χ1v) is 6.47. The van der Waals surface area contributed by atoms with Gasteiger partial charge in [0.15, 0.2) is 0 Å². The first-order chi connectivity index (χ1) is 9.58. The van der Waals surface area contributed by atoms with E-state index in [0.29, 0.717) is 12.1 Å². The van der Waals surface area contributed by atoms with E-state index < -0.39 is 11.4 Å². The molecule has 3 N–H and O–H groups in total. The third-order valence-electron chi connectivity index (χ3n) is 3.40. The topological polar surface area (TPSA) is 55.1 Å². The molecule has 1 unspecified atom stereocenters. The van der Waals surface area contributed by atoms with Crippen LogP contribution in [0.15, 0.2) is 54.6 Å². The lowest BCUT2D eigenvalue weighted by atomic mass is 9.86. The van der Waals surface area contributed by atoms with E-state index in [1.807, 2.05) is 37.3 Å². The van der Waals surface area contributed by atoms with Crippen molar-refractivity contribution in [1.82, 2.24) is 0 Å². The molecule has 0 radical (unpaired) electrons. The van der Waals surface area contributed by atoms with E-state index in [9.17, 15) is 9.18 Å². The van der Waals surface area contributed by atoms with Crippen LogP contribution < -0.4 is 11.1 Å². The third-order valence-corrected chi connectivity index (χ3v) is 3.40. The zero-order valence-corrected chi connectivity index (χ0v) is 11.3. The zero-order valence-electron chi connectivity index (χ0n) is 11.3. The minimum Gasteiger partial charge on any atom is -0.368 e. The van der Waals surface area contributed by atoms with Crippen LogP contribution in [0.3, 0.4) is 0 Å². The smallest absolute Gasteiger partial charge is 0.247 e. The quantitative estimate of drug-likeness (QED) is 0.879. The molecule has 0 fully saturated rings. The molecule has 0 bridgehead atoms. The number of benzene rings is 2. The van der Waals surface area contributed by atoms with Gasteiger partial charge in [-0.15, -0.1) is 0 Å². The normalized spacial score (nSPS) is 13.5. The molecule has 0 saturated heterocycles. The fourth-order valence-electron chi connectivity index (χ4n) is 2.28. The lowest BCUT2D eigenvalue weighted by molar-refractivity contribution is -0.122. The maximum absolute atomic E-state index is 13.3. The van der Waals surface area contributed by atoms with Gasteiger partial charge in [0.1, 0.15) is 11.4 Å². The second-order valence-corrected chi connectivity index (χ2v) is 4.62. The van der Waals surface area contributed by atoms with Gasteiger partial charge in [0.25, 0.3) is 0 Å². The summed E-state index contributed by atoms with van der Waals surface area (Å²) in [7, 11) is 0. The minimum absolute atomic E-state index is 0.363. The summed E-state index contributed by atoms with van der Waals surface area (Å²) in [5.41, 5.74) is 5.84. The molecule has 2 rings (SSSR count). The van der Waals surface area contributed by atoms with E-state index >= 15 is 0 Å². The van der Waals surface area contributed by atoms with Gasteiger partial charge in [-0.25, -0.2) is 4.39 Å². The largest absolute Gasteiger partial charge is 0.368 e. The highest BCUT2D eigenvalue weighted by Crippen LogP contribution is 2.29. The number of nitrogens with one attached hydrogen (secondary N) is 1. The Morgan fingerprint density at radius 1 is 1.20 bits per heavy atom. The predicted molar refractivity (Wildman–Crippen MR) is 77.6 cm³/mol. The molecular formula is C16H17FN2O. The molecule has 20 heavy (non-hydrogen) atoms. The van der Waals surface area contributed by atoms with E-state index in [-0.39, 0.29) is 5.82 Å². The summed E-state index contributed by atoms with van der Waals surface area (Å²) in [5.74, 6) is -0.854. The molecule has 1 amide bonds. The molecule has 1 atom stereocenters. The van der Waals surface area contributed by atoms with Crippen molar-refractivity contribution in [2.24, 2.45) is 5.73 Å². The van der Waals surface area contributed by atoms with Gasteiger partial charge in [0.2, 0.25) is 5.91 Å². The Bertz CT molecular complexity index is 600. The number of anilines is 1. The number of rotatable bonds is 5. The van der Waals surface area contributed by atoms with Gasteiger partial charge in [0, 0.05) is 5.69 Å². The molecule has 2 aromatic rings. The van der Waals surface area contributed by atoms with Gasteiger partial charge >= 0.3 is 0 Å². The Kier molecular flexibility index (Phi) is 4.03. The van der Waals surface area contributed by atoms with Crippen molar-refractivity contribution in [3.05, 3.63) is 66.0 Å². The summed E-state index contributed by atoms with van der Waals surface area (Å²) in [4.78, 5) is 12.0. The van der Waals surface area contributed by atoms with Crippen molar-refractivity contribution in [2.45, 2.75) is 18.9 Å². The van der Waals surface area contributed by atoms with Crippen molar-refractivity contribution >= 4 is 11.6 Å². The van der Waals surface area contributed by atoms with Gasteiger partial charge in [-0.05, 0) is 30.2 Å². The molecule has 0 aliphatic rings. The number of amides is 1. The fraction of sp³-hybridized carbons (Fsp3) is 0.188. The molecule has 2 aromatic carbocycles. The summed E-state index contributed by atoms with van der Waals surface area (Å²) in [6.45, 7) is 1.87. The number of hydrogen-bond acceptors (Lipinski definition) is 2. The van der Waals surface area contributed by atoms with E-state index in [1.54, 1.807) is 12.1 Å². The molecule has 0 aliphatic carbocycles. The Balaban J connectivity index is 2.45. The molecule has 0 saturated carbocycles. The molecular weight excluding hydrogens is 255 g/mol. The van der Waals surface area contributed by atoms with Gasteiger partial charge < -0.3 is 11.1 Å². The molecule has 0 spiro atoms. The number of hydrogen-bond donors (Lipinski definition) is 2. The summed E-state index contributed by atoms with van der Waals surface area (Å²) in [6.07, 6.45) is 0.461. The fourth-order valence-corrected chi connectivity index (χ4v) is 2.28. The van der Waals surface area contributed by atoms with Crippen LogP contribution in [0.5, 0.6) is 0 Å². The summed E-state index contributed by atoms with van der Waals surface area (Å²) < 4.78 is 13.3. The van der Waals surface area contributed by atoms with E-state index in [4.69, 9.17) is 5.73 Å². The Hall–Kier alpha value is -2.36. The predicted octanol–water partition coefficient (Wildman–Crippen LogP) is 3.03. The second kappa shape index (κ2) is 5.74. The van der Waals surface area contributed by atoms with Crippen LogP contribution in [0, 0.1) is 5.82 Å². The van der Waals surface area contributed by atoms with Gasteiger partial charge in [-0.3, -0.25) is 4.79 Å². The number of carbonyl (C=O) groups is 1. The highest BCUT2D eigenvalue weighted by molar-refractivity contribution is 5.89. The van der Waals surface area contributed by atoms with Crippen LogP contribution in [0.2, 0.25) is 0 Å². The first-order valence-electron chi connectivity index (χ1n) is 6.47. The van der Waals surface area contributed by atoms with Crippen molar-refractivity contribution in [2.75, 3.05) is 5.32 Å². The van der Waals surface area contributed by atoms with Crippen LogP contribution in [0.25, 0.3) is 0 Å². The molecule has 0 heterocycles. The summed E-state index contributed by atoms with van der Waals surface area (Å²) in [6, 6.07) is 15.2. The SMILES string of the molecule is CCC(Nc1cccc(F)c1)(C(N)=O)c1ccccc1. The maximum atomic E-state index is 13.3. The van der Waals surface area contributed by atoms with Crippen LogP contribution in [0.1, 0.15) is 18.9 Å². The molecule has 0 aromatic heterocycles. The van der Waals surface area contributed by atoms with Crippen LogP contribution in [0.4, 0.5) is 10.1 Å². The third kappa shape index (κ3) is 2.64. The second-order valence-electron chi connectivity index (χ2n) is 4.62. The monoisotopic (exact) mass is 272 g/mol. The van der Waals surface area contributed by atoms with Crippen LogP contribution in [-0.2, 0) is 10.3 Å². The van der Waals surface area contributed by atoms with Gasteiger partial charge in [-0.2, -0.15) is 0 Å². The zero-order chi connectivity index (χ0) is 14.6. The number of halogens is 1. The van der Waals surface area contributed by atoms with Crippen LogP contribution in [-0.4, -0.2) is 5.91 Å². The summed E-state index contributed by atoms with van der Waals surface area (Å²) >= 11 is 0. The summed E-state index contributed by atoms with van der Waals surface area (Å²) in [5, 5.41) is 3.08. The average molecular weight is 272 g/mol. The van der Waals surface area contributed by atoms with E-state index in [2.05, 4.69) is 5.32 Å². The molecule has 4 heteroatoms. The van der Waals surface area contributed by atoms with Crippen molar-refractivity contribution in [3.8, 4) is 0 Å². The number of primary amides is 1. The van der Waals surface area contributed by atoms with Gasteiger partial charge in [-0.1, -0.05) is 43.3 Å². The molecule has 0 aliphatic heterocycles. The Morgan fingerprint density at radius 2 is 1.90 bits per heavy atom. The Morgan fingerprint density at radius 3 is 2.45 bits per heavy atom. The van der Waals surface area contributed by atoms with Crippen LogP contribution >= 0.6 is 0 Å². The van der Waals surface area contributed by atoms with E-state index in [1.165, 1.54) is 12.1 Å². The van der Waals surface area contributed by atoms with Crippen molar-refractivity contribution in [3.63, 3.8) is 0 Å². The minimum atomic E-state index is -1.05. The molecule has 3 nitrogen and oxygen atoms in total. The Labute approximate surface area is 117 Å². The highest BCUT2D eigenvalue weighted by atomic mass is 19.1. The first kappa shape index (κ1) is 14.1.